The Labute approximate surface area is 112 Å². The zero-order chi connectivity index (χ0) is 13.3. The Morgan fingerprint density at radius 3 is 2.83 bits per heavy atom. The second kappa shape index (κ2) is 5.26. The molecule has 0 saturated carbocycles. The number of ether oxygens (including phenoxy) is 1. The molecule has 102 valence electrons. The fourth-order valence-corrected chi connectivity index (χ4v) is 4.99. The van der Waals surface area contributed by atoms with Crippen molar-refractivity contribution in [2.45, 2.75) is 30.1 Å². The molecule has 1 atom stereocenters. The second-order valence-electron chi connectivity index (χ2n) is 4.41. The minimum Gasteiger partial charge on any atom is -0.380 e. The lowest BCUT2D eigenvalue weighted by Gasteiger charge is -2.21. The van der Waals surface area contributed by atoms with Gasteiger partial charge >= 0.3 is 0 Å². The molecule has 5 nitrogen and oxygen atoms in total. The van der Waals surface area contributed by atoms with Gasteiger partial charge in [0.1, 0.15) is 4.21 Å². The van der Waals surface area contributed by atoms with Crippen molar-refractivity contribution in [3.8, 4) is 0 Å². The zero-order valence-electron chi connectivity index (χ0n) is 10.5. The van der Waals surface area contributed by atoms with Crippen LogP contribution in [0, 0.1) is 6.92 Å². The van der Waals surface area contributed by atoms with Gasteiger partial charge in [0, 0.05) is 25.1 Å². The lowest BCUT2D eigenvalue weighted by atomic mass is 10.3. The highest BCUT2D eigenvalue weighted by Crippen LogP contribution is 2.29. The van der Waals surface area contributed by atoms with Crippen molar-refractivity contribution >= 4 is 21.4 Å². The average molecular weight is 290 g/mol. The van der Waals surface area contributed by atoms with E-state index in [1.54, 1.807) is 13.1 Å². The van der Waals surface area contributed by atoms with Crippen LogP contribution in [0.15, 0.2) is 10.3 Å². The summed E-state index contributed by atoms with van der Waals surface area (Å²) in [6.45, 7) is 3.37. The summed E-state index contributed by atoms with van der Waals surface area (Å²) in [5.41, 5.74) is 6.53. The van der Waals surface area contributed by atoms with Gasteiger partial charge in [-0.25, -0.2) is 8.42 Å². The number of aryl methyl sites for hydroxylation is 1. The Morgan fingerprint density at radius 1 is 1.61 bits per heavy atom. The third kappa shape index (κ3) is 2.46. The van der Waals surface area contributed by atoms with Gasteiger partial charge < -0.3 is 10.5 Å². The molecule has 1 aliphatic heterocycles. The molecule has 0 aliphatic carbocycles. The highest BCUT2D eigenvalue weighted by Gasteiger charge is 2.31. The van der Waals surface area contributed by atoms with Gasteiger partial charge in [-0.15, -0.1) is 11.3 Å². The van der Waals surface area contributed by atoms with E-state index in [0.29, 0.717) is 24.0 Å². The normalized spacial score (nSPS) is 20.8. The van der Waals surface area contributed by atoms with Gasteiger partial charge in [0.15, 0.2) is 0 Å². The summed E-state index contributed by atoms with van der Waals surface area (Å²) in [6.07, 6.45) is 0.754. The van der Waals surface area contributed by atoms with E-state index < -0.39 is 10.0 Å². The molecule has 0 aromatic carbocycles. The number of hydrogen-bond acceptors (Lipinski definition) is 5. The molecule has 1 aromatic heterocycles. The van der Waals surface area contributed by atoms with Gasteiger partial charge in [-0.2, -0.15) is 4.31 Å². The number of nitrogens with two attached hydrogens (primary N) is 1. The van der Waals surface area contributed by atoms with E-state index in [1.807, 2.05) is 6.92 Å². The van der Waals surface area contributed by atoms with Gasteiger partial charge in [-0.05, 0) is 25.0 Å². The summed E-state index contributed by atoms with van der Waals surface area (Å²) in [7, 11) is -1.80. The Bertz CT molecular complexity index is 518. The first-order chi connectivity index (χ1) is 8.46. The number of hydrogen-bond donors (Lipinski definition) is 1. The monoisotopic (exact) mass is 290 g/mol. The summed E-state index contributed by atoms with van der Waals surface area (Å²) in [5.74, 6) is 0. The maximum absolute atomic E-state index is 12.4. The minimum absolute atomic E-state index is 0.0567. The molecule has 1 aliphatic rings. The van der Waals surface area contributed by atoms with Crippen molar-refractivity contribution in [2.24, 2.45) is 5.73 Å². The number of nitrogens with zero attached hydrogens (tertiary/aromatic N) is 1. The molecule has 18 heavy (non-hydrogen) atoms. The lowest BCUT2D eigenvalue weighted by molar-refractivity contribution is 0.181. The third-order valence-corrected chi connectivity index (χ3v) is 6.86. The highest BCUT2D eigenvalue weighted by molar-refractivity contribution is 7.91. The highest BCUT2D eigenvalue weighted by atomic mass is 32.2. The Kier molecular flexibility index (Phi) is 4.08. The van der Waals surface area contributed by atoms with Crippen LogP contribution in [0.25, 0.3) is 0 Å². The number of thiophene rings is 1. The summed E-state index contributed by atoms with van der Waals surface area (Å²) in [6, 6.07) is 1.65. The molecular weight excluding hydrogens is 272 g/mol. The molecule has 0 radical (unpaired) electrons. The van der Waals surface area contributed by atoms with Crippen molar-refractivity contribution in [2.75, 3.05) is 20.3 Å². The Hall–Kier alpha value is -0.470. The molecule has 1 fully saturated rings. The van der Waals surface area contributed by atoms with Crippen molar-refractivity contribution < 1.29 is 13.2 Å². The van der Waals surface area contributed by atoms with Crippen molar-refractivity contribution in [3.05, 3.63) is 16.5 Å². The van der Waals surface area contributed by atoms with Crippen LogP contribution in [0.4, 0.5) is 0 Å². The largest absolute Gasteiger partial charge is 0.380 e. The molecule has 2 N–H and O–H groups in total. The topological polar surface area (TPSA) is 72.6 Å². The van der Waals surface area contributed by atoms with Gasteiger partial charge in [0.25, 0.3) is 10.0 Å². The number of sulfonamides is 1. The standard InChI is InChI=1S/C11H18N2O3S2/c1-8-5-11(17-10(8)6-12)18(14,15)13(2)9-3-4-16-7-9/h5,9H,3-4,6-7,12H2,1-2H3. The summed E-state index contributed by atoms with van der Waals surface area (Å²) in [5, 5.41) is 0. The zero-order valence-corrected chi connectivity index (χ0v) is 12.2. The smallest absolute Gasteiger partial charge is 0.252 e. The quantitative estimate of drug-likeness (QED) is 0.895. The van der Waals surface area contributed by atoms with Crippen molar-refractivity contribution in [1.29, 1.82) is 0 Å². The van der Waals surface area contributed by atoms with Gasteiger partial charge in [-0.3, -0.25) is 0 Å². The van der Waals surface area contributed by atoms with Crippen LogP contribution in [0.5, 0.6) is 0 Å². The molecule has 1 unspecified atom stereocenters. The van der Waals surface area contributed by atoms with E-state index in [1.165, 1.54) is 15.6 Å². The van der Waals surface area contributed by atoms with E-state index in [2.05, 4.69) is 0 Å². The van der Waals surface area contributed by atoms with E-state index >= 15 is 0 Å². The van der Waals surface area contributed by atoms with Crippen LogP contribution in [0.1, 0.15) is 16.9 Å². The molecule has 1 saturated heterocycles. The van der Waals surface area contributed by atoms with E-state index in [9.17, 15) is 8.42 Å². The van der Waals surface area contributed by atoms with Crippen molar-refractivity contribution in [1.82, 2.24) is 4.31 Å². The number of likely N-dealkylation sites (N-methyl/N-ethyl adjacent to an activating group) is 1. The van der Waals surface area contributed by atoms with E-state index in [4.69, 9.17) is 10.5 Å². The third-order valence-electron chi connectivity index (χ3n) is 3.24. The van der Waals surface area contributed by atoms with Gasteiger partial charge in [0.05, 0.1) is 12.6 Å². The predicted molar refractivity (Wildman–Crippen MR) is 71.1 cm³/mol. The lowest BCUT2D eigenvalue weighted by Crippen LogP contribution is -2.36. The van der Waals surface area contributed by atoms with E-state index in [-0.39, 0.29) is 6.04 Å². The van der Waals surface area contributed by atoms with Gasteiger partial charge in [0.2, 0.25) is 0 Å². The van der Waals surface area contributed by atoms with Crippen LogP contribution in [-0.4, -0.2) is 39.0 Å². The maximum Gasteiger partial charge on any atom is 0.252 e. The predicted octanol–water partition coefficient (Wildman–Crippen LogP) is 0.925. The van der Waals surface area contributed by atoms with Gasteiger partial charge in [-0.1, -0.05) is 0 Å². The van der Waals surface area contributed by atoms with Crippen LogP contribution in [-0.2, 0) is 21.3 Å². The van der Waals surface area contributed by atoms with Crippen LogP contribution >= 0.6 is 11.3 Å². The fourth-order valence-electron chi connectivity index (χ4n) is 1.97. The molecule has 0 spiro atoms. The van der Waals surface area contributed by atoms with Crippen LogP contribution in [0.2, 0.25) is 0 Å². The number of rotatable bonds is 4. The first-order valence-corrected chi connectivity index (χ1v) is 8.07. The maximum atomic E-state index is 12.4. The van der Waals surface area contributed by atoms with Crippen LogP contribution < -0.4 is 5.73 Å². The SMILES string of the molecule is Cc1cc(S(=O)(=O)N(C)C2CCOC2)sc1CN. The Balaban J connectivity index is 2.28. The average Bonchev–Trinajstić information content (AvgIpc) is 2.96. The summed E-state index contributed by atoms with van der Waals surface area (Å²) >= 11 is 1.26. The second-order valence-corrected chi connectivity index (χ2v) is 7.78. The van der Waals surface area contributed by atoms with Crippen LogP contribution in [0.3, 0.4) is 0 Å². The Morgan fingerprint density at radius 2 is 2.33 bits per heavy atom. The summed E-state index contributed by atoms with van der Waals surface area (Å²) in [4.78, 5) is 0.921. The molecular formula is C11H18N2O3S2. The first kappa shape index (κ1) is 14.0. The van der Waals surface area contributed by atoms with Crippen molar-refractivity contribution in [3.63, 3.8) is 0 Å². The molecule has 1 aromatic rings. The molecule has 0 bridgehead atoms. The first-order valence-electron chi connectivity index (χ1n) is 5.82. The minimum atomic E-state index is -3.42. The molecule has 7 heteroatoms. The summed E-state index contributed by atoms with van der Waals surface area (Å²) < 4.78 is 31.9. The fraction of sp³-hybridized carbons (Fsp3) is 0.636. The molecule has 0 amide bonds. The molecule has 2 rings (SSSR count). The van der Waals surface area contributed by atoms with E-state index in [0.717, 1.165) is 16.9 Å². The molecule has 2 heterocycles.